The molecule has 0 radical (unpaired) electrons. The molecule has 0 N–H and O–H groups in total. The number of rotatable bonds is 1. The molecule has 2 bridgehead atoms. The number of terminal acetylenes is 1. The molecule has 0 aliphatic carbocycles. The van der Waals surface area contributed by atoms with Crippen molar-refractivity contribution in [3.8, 4) is 12.3 Å². The topological polar surface area (TPSA) is 3.24 Å². The summed E-state index contributed by atoms with van der Waals surface area (Å²) in [6.07, 6.45) is 5.25. The summed E-state index contributed by atoms with van der Waals surface area (Å²) in [5.74, 6) is 5.26. The van der Waals surface area contributed by atoms with Crippen molar-refractivity contribution in [1.29, 1.82) is 0 Å². The van der Waals surface area contributed by atoms with Gasteiger partial charge in [-0.15, -0.1) is 29.9 Å². The van der Waals surface area contributed by atoms with Crippen molar-refractivity contribution < 1.29 is 0 Å². The third-order valence-electron chi connectivity index (χ3n) is 1.88. The summed E-state index contributed by atoms with van der Waals surface area (Å²) in [7, 11) is 0. The molecule has 1 nitrogen and oxygen atoms in total. The van der Waals surface area contributed by atoms with E-state index in [1.54, 1.807) is 0 Å². The first kappa shape index (κ1) is 6.90. The van der Waals surface area contributed by atoms with Gasteiger partial charge >= 0.3 is 0 Å². The Bertz CT molecular complexity index is 155. The fraction of sp³-hybridized carbons (Fsp3) is 0.714. The predicted molar refractivity (Wildman–Crippen MR) is 48.0 cm³/mol. The minimum Gasteiger partial charge on any atom is -0.267 e. The van der Waals surface area contributed by atoms with E-state index in [4.69, 9.17) is 6.42 Å². The maximum Gasteiger partial charge on any atom is 0.0668 e. The Morgan fingerprint density at radius 1 is 1.40 bits per heavy atom. The molecule has 54 valence electrons. The van der Waals surface area contributed by atoms with Crippen LogP contribution in [-0.4, -0.2) is 33.7 Å². The molecule has 2 aliphatic rings. The van der Waals surface area contributed by atoms with Crippen molar-refractivity contribution >= 4 is 23.5 Å². The Kier molecular flexibility index (Phi) is 1.86. The number of nitrogens with zero attached hydrogens (tertiary/aromatic N) is 1. The van der Waals surface area contributed by atoms with E-state index in [0.717, 1.165) is 17.3 Å². The Morgan fingerprint density at radius 2 is 2.00 bits per heavy atom. The standard InChI is InChI=1S/C7H9NS2/c1-2-3-8-6-4-9-7(8)5-10-6/h1,6-7H,3-5H2. The number of fused-ring (bicyclic) bond motifs is 2. The molecule has 2 rings (SSSR count). The van der Waals surface area contributed by atoms with Gasteiger partial charge in [-0.1, -0.05) is 5.92 Å². The average Bonchev–Trinajstić information content (AvgIpc) is 2.50. The van der Waals surface area contributed by atoms with Gasteiger partial charge in [-0.3, -0.25) is 4.90 Å². The highest BCUT2D eigenvalue weighted by molar-refractivity contribution is 8.07. The molecule has 2 unspecified atom stereocenters. The Morgan fingerprint density at radius 3 is 2.40 bits per heavy atom. The molecule has 0 spiro atoms. The zero-order chi connectivity index (χ0) is 6.97. The minimum absolute atomic E-state index is 0.728. The van der Waals surface area contributed by atoms with Crippen LogP contribution in [0, 0.1) is 12.3 Å². The zero-order valence-electron chi connectivity index (χ0n) is 5.62. The lowest BCUT2D eigenvalue weighted by Gasteiger charge is -2.14. The maximum atomic E-state index is 5.25. The summed E-state index contributed by atoms with van der Waals surface area (Å²) < 4.78 is 0. The monoisotopic (exact) mass is 171 g/mol. The highest BCUT2D eigenvalue weighted by Crippen LogP contribution is 2.43. The normalized spacial score (nSPS) is 38.3. The highest BCUT2D eigenvalue weighted by atomic mass is 32.2. The van der Waals surface area contributed by atoms with Gasteiger partial charge in [-0.2, -0.15) is 0 Å². The van der Waals surface area contributed by atoms with E-state index in [1.807, 2.05) is 23.5 Å². The molecule has 0 amide bonds. The van der Waals surface area contributed by atoms with E-state index in [-0.39, 0.29) is 0 Å². The Balaban J connectivity index is 2.04. The van der Waals surface area contributed by atoms with Crippen LogP contribution in [0.4, 0.5) is 0 Å². The second-order valence-corrected chi connectivity index (χ2v) is 4.87. The molecular formula is C7H9NS2. The second-order valence-electron chi connectivity index (χ2n) is 2.45. The predicted octanol–water partition coefficient (Wildman–Crippen LogP) is 1.07. The molecule has 2 heterocycles. The molecule has 0 aromatic carbocycles. The number of hydrogen-bond donors (Lipinski definition) is 0. The SMILES string of the molecule is C#CCN1C2CSC1CS2. The summed E-state index contributed by atoms with van der Waals surface area (Å²) in [6, 6.07) is 0. The van der Waals surface area contributed by atoms with Gasteiger partial charge in [0, 0.05) is 11.5 Å². The van der Waals surface area contributed by atoms with E-state index >= 15 is 0 Å². The largest absolute Gasteiger partial charge is 0.267 e. The lowest BCUT2D eigenvalue weighted by molar-refractivity contribution is 0.336. The first-order valence-corrected chi connectivity index (χ1v) is 5.44. The maximum absolute atomic E-state index is 5.25. The van der Waals surface area contributed by atoms with Crippen LogP contribution >= 0.6 is 23.5 Å². The summed E-state index contributed by atoms with van der Waals surface area (Å²) in [5, 5.41) is 1.46. The molecule has 2 aliphatic heterocycles. The third-order valence-corrected chi connectivity index (χ3v) is 4.96. The Labute approximate surface area is 69.9 Å². The fourth-order valence-corrected chi connectivity index (χ4v) is 4.66. The highest BCUT2D eigenvalue weighted by Gasteiger charge is 2.39. The van der Waals surface area contributed by atoms with E-state index in [0.29, 0.717) is 0 Å². The van der Waals surface area contributed by atoms with Crippen molar-refractivity contribution in [2.24, 2.45) is 0 Å². The van der Waals surface area contributed by atoms with Gasteiger partial charge < -0.3 is 0 Å². The molecule has 2 atom stereocenters. The van der Waals surface area contributed by atoms with Gasteiger partial charge in [0.25, 0.3) is 0 Å². The van der Waals surface area contributed by atoms with Crippen LogP contribution in [0.3, 0.4) is 0 Å². The molecule has 0 aromatic heterocycles. The first-order chi connectivity index (χ1) is 4.92. The van der Waals surface area contributed by atoms with E-state index < -0.39 is 0 Å². The van der Waals surface area contributed by atoms with Crippen LogP contribution in [0.1, 0.15) is 0 Å². The van der Waals surface area contributed by atoms with Crippen LogP contribution < -0.4 is 0 Å². The van der Waals surface area contributed by atoms with E-state index in [2.05, 4.69) is 10.8 Å². The van der Waals surface area contributed by atoms with Crippen LogP contribution in [0.5, 0.6) is 0 Å². The van der Waals surface area contributed by atoms with E-state index in [9.17, 15) is 0 Å². The van der Waals surface area contributed by atoms with Crippen molar-refractivity contribution in [2.45, 2.75) is 10.7 Å². The van der Waals surface area contributed by atoms with Gasteiger partial charge in [0.2, 0.25) is 0 Å². The minimum atomic E-state index is 0.728. The molecule has 0 aromatic rings. The van der Waals surface area contributed by atoms with Crippen LogP contribution in [0.25, 0.3) is 0 Å². The van der Waals surface area contributed by atoms with Crippen LogP contribution in [0.15, 0.2) is 0 Å². The molecule has 0 saturated carbocycles. The summed E-state index contributed by atoms with van der Waals surface area (Å²) in [5.41, 5.74) is 0. The van der Waals surface area contributed by atoms with Crippen molar-refractivity contribution in [3.05, 3.63) is 0 Å². The Hall–Kier alpha value is 0.220. The van der Waals surface area contributed by atoms with E-state index in [1.165, 1.54) is 11.5 Å². The summed E-state index contributed by atoms with van der Waals surface area (Å²) in [6.45, 7) is 0.843. The lowest BCUT2D eigenvalue weighted by Crippen LogP contribution is -2.28. The molecule has 10 heavy (non-hydrogen) atoms. The van der Waals surface area contributed by atoms with Gasteiger partial charge in [0.1, 0.15) is 0 Å². The average molecular weight is 171 g/mol. The molecule has 2 saturated heterocycles. The van der Waals surface area contributed by atoms with Gasteiger partial charge in [0.15, 0.2) is 0 Å². The van der Waals surface area contributed by atoms with Gasteiger partial charge in [0.05, 0.1) is 17.3 Å². The fourth-order valence-electron chi connectivity index (χ4n) is 1.36. The lowest BCUT2D eigenvalue weighted by atomic mass is 10.5. The molecule has 2 fully saturated rings. The summed E-state index contributed by atoms with van der Waals surface area (Å²) >= 11 is 4.10. The van der Waals surface area contributed by atoms with Crippen molar-refractivity contribution in [2.75, 3.05) is 18.1 Å². The number of hydrogen-bond acceptors (Lipinski definition) is 3. The second kappa shape index (κ2) is 2.69. The molecular weight excluding hydrogens is 162 g/mol. The summed E-state index contributed by atoms with van der Waals surface area (Å²) in [4.78, 5) is 2.43. The number of thioether (sulfide) groups is 2. The van der Waals surface area contributed by atoms with Gasteiger partial charge in [-0.25, -0.2) is 0 Å². The third kappa shape index (κ3) is 0.952. The quantitative estimate of drug-likeness (QED) is 0.543. The van der Waals surface area contributed by atoms with Gasteiger partial charge in [-0.05, 0) is 0 Å². The molecule has 3 heteroatoms. The van der Waals surface area contributed by atoms with Crippen LogP contribution in [-0.2, 0) is 0 Å². The van der Waals surface area contributed by atoms with Crippen molar-refractivity contribution in [1.82, 2.24) is 4.90 Å². The smallest absolute Gasteiger partial charge is 0.0668 e. The van der Waals surface area contributed by atoms with Crippen molar-refractivity contribution in [3.63, 3.8) is 0 Å². The van der Waals surface area contributed by atoms with Crippen LogP contribution in [0.2, 0.25) is 0 Å². The zero-order valence-corrected chi connectivity index (χ0v) is 7.25. The first-order valence-electron chi connectivity index (χ1n) is 3.34.